The molecule has 1 aromatic carbocycles. The van der Waals surface area contributed by atoms with Crippen LogP contribution in [-0.4, -0.2) is 63.0 Å². The van der Waals surface area contributed by atoms with Crippen LogP contribution in [-0.2, 0) is 30.4 Å². The molecule has 0 radical (unpaired) electrons. The van der Waals surface area contributed by atoms with Gasteiger partial charge in [0.15, 0.2) is 0 Å². The van der Waals surface area contributed by atoms with Crippen LogP contribution in [0.25, 0.3) is 10.9 Å². The lowest BCUT2D eigenvalue weighted by Gasteiger charge is -2.22. The van der Waals surface area contributed by atoms with Crippen molar-refractivity contribution < 1.29 is 34.2 Å². The number of aliphatic carboxylic acids is 2. The first-order valence-electron chi connectivity index (χ1n) is 9.72. The molecule has 3 atom stereocenters. The van der Waals surface area contributed by atoms with Gasteiger partial charge in [-0.15, -0.1) is 0 Å². The smallest absolute Gasteiger partial charge is 0.326 e. The third-order valence-electron chi connectivity index (χ3n) is 4.75. The Bertz CT molecular complexity index is 1020. The highest BCUT2D eigenvalue weighted by molar-refractivity contribution is 5.93. The van der Waals surface area contributed by atoms with Crippen LogP contribution < -0.4 is 22.1 Å². The number of fused-ring (bicyclic) bond motifs is 1. The largest absolute Gasteiger partial charge is 0.481 e. The quantitative estimate of drug-likeness (QED) is 0.210. The molecule has 32 heavy (non-hydrogen) atoms. The summed E-state index contributed by atoms with van der Waals surface area (Å²) in [5, 5.41) is 23.4. The van der Waals surface area contributed by atoms with E-state index in [0.29, 0.717) is 0 Å². The molecule has 0 fully saturated rings. The minimum atomic E-state index is -1.62. The van der Waals surface area contributed by atoms with Crippen molar-refractivity contribution in [2.24, 2.45) is 11.5 Å². The van der Waals surface area contributed by atoms with E-state index < -0.39 is 60.6 Å². The third kappa shape index (κ3) is 6.80. The van der Waals surface area contributed by atoms with Crippen molar-refractivity contribution in [1.29, 1.82) is 0 Å². The van der Waals surface area contributed by atoms with Gasteiger partial charge in [0.2, 0.25) is 17.7 Å². The lowest BCUT2D eigenvalue weighted by molar-refractivity contribution is -0.144. The highest BCUT2D eigenvalue weighted by atomic mass is 16.4. The summed E-state index contributed by atoms with van der Waals surface area (Å²) in [6.45, 7) is 0. The maximum atomic E-state index is 12.6. The zero-order valence-corrected chi connectivity index (χ0v) is 17.0. The fourth-order valence-corrected chi connectivity index (χ4v) is 3.12. The number of hydrogen-bond donors (Lipinski definition) is 7. The first-order valence-corrected chi connectivity index (χ1v) is 9.72. The number of H-pyrrole nitrogens is 1. The standard InChI is InChI=1S/C20H25N5O7/c21-12(7-10-9-23-13-4-2-1-3-11(10)13)18(29)24-14(5-6-17(27)28)19(30)25-15(20(31)32)8-16(22)26/h1-4,9,12,14-15,23H,5-8,21H2,(H2,22,26)(H,24,29)(H,25,30)(H,27,28)(H,31,32). The van der Waals surface area contributed by atoms with E-state index in [0.717, 1.165) is 16.5 Å². The molecule has 0 aliphatic rings. The summed E-state index contributed by atoms with van der Waals surface area (Å²) in [6, 6.07) is 3.36. The molecule has 0 spiro atoms. The number of benzene rings is 1. The fraction of sp³-hybridized carbons (Fsp3) is 0.350. The molecule has 1 heterocycles. The van der Waals surface area contributed by atoms with Crippen LogP contribution >= 0.6 is 0 Å². The number of carbonyl (C=O) groups is 5. The number of carboxylic acids is 2. The summed E-state index contributed by atoms with van der Waals surface area (Å²) < 4.78 is 0. The zero-order valence-electron chi connectivity index (χ0n) is 17.0. The van der Waals surface area contributed by atoms with Crippen molar-refractivity contribution in [2.45, 2.75) is 43.8 Å². The average molecular weight is 447 g/mol. The van der Waals surface area contributed by atoms with Crippen molar-refractivity contribution in [1.82, 2.24) is 15.6 Å². The Morgan fingerprint density at radius 1 is 1.00 bits per heavy atom. The Labute approximate surface area is 182 Å². The number of hydrogen-bond acceptors (Lipinski definition) is 6. The topological polar surface area (TPSA) is 218 Å². The van der Waals surface area contributed by atoms with Crippen molar-refractivity contribution in [3.8, 4) is 0 Å². The molecule has 12 nitrogen and oxygen atoms in total. The number of para-hydroxylation sites is 1. The van der Waals surface area contributed by atoms with Crippen LogP contribution in [0.4, 0.5) is 0 Å². The number of primary amides is 1. The molecule has 3 amide bonds. The normalized spacial score (nSPS) is 13.7. The molecule has 2 rings (SSSR count). The molecule has 2 aromatic rings. The third-order valence-corrected chi connectivity index (χ3v) is 4.75. The minimum absolute atomic E-state index is 0.141. The number of amides is 3. The molecule has 0 bridgehead atoms. The Hall–Kier alpha value is -3.93. The summed E-state index contributed by atoms with van der Waals surface area (Å²) in [5.41, 5.74) is 12.6. The van der Waals surface area contributed by atoms with Gasteiger partial charge < -0.3 is 37.3 Å². The average Bonchev–Trinajstić information content (AvgIpc) is 3.12. The summed E-state index contributed by atoms with van der Waals surface area (Å²) >= 11 is 0. The second-order valence-electron chi connectivity index (χ2n) is 7.23. The Balaban J connectivity index is 2.09. The van der Waals surface area contributed by atoms with Crippen LogP contribution in [0.3, 0.4) is 0 Å². The van der Waals surface area contributed by atoms with Gasteiger partial charge in [-0.2, -0.15) is 0 Å². The van der Waals surface area contributed by atoms with Crippen LogP contribution in [0, 0.1) is 0 Å². The van der Waals surface area contributed by atoms with Gasteiger partial charge in [0, 0.05) is 23.5 Å². The fourth-order valence-electron chi connectivity index (χ4n) is 3.12. The van der Waals surface area contributed by atoms with Gasteiger partial charge in [-0.1, -0.05) is 18.2 Å². The summed E-state index contributed by atoms with van der Waals surface area (Å²) in [4.78, 5) is 61.4. The number of aromatic nitrogens is 1. The highest BCUT2D eigenvalue weighted by Gasteiger charge is 2.29. The van der Waals surface area contributed by atoms with E-state index in [-0.39, 0.29) is 12.8 Å². The predicted molar refractivity (Wildman–Crippen MR) is 112 cm³/mol. The maximum absolute atomic E-state index is 12.6. The molecule has 0 aliphatic carbocycles. The Morgan fingerprint density at radius 2 is 1.66 bits per heavy atom. The van der Waals surface area contributed by atoms with Crippen LogP contribution in [0.15, 0.2) is 30.5 Å². The second kappa shape index (κ2) is 10.9. The first-order chi connectivity index (χ1) is 15.1. The molecule has 9 N–H and O–H groups in total. The van der Waals surface area contributed by atoms with Gasteiger partial charge in [-0.25, -0.2) is 4.79 Å². The van der Waals surface area contributed by atoms with Crippen molar-refractivity contribution >= 4 is 40.6 Å². The minimum Gasteiger partial charge on any atom is -0.481 e. The lowest BCUT2D eigenvalue weighted by Crippen LogP contribution is -2.55. The van der Waals surface area contributed by atoms with E-state index in [2.05, 4.69) is 15.6 Å². The molecule has 0 saturated carbocycles. The van der Waals surface area contributed by atoms with Gasteiger partial charge in [-0.05, 0) is 24.5 Å². The molecule has 172 valence electrons. The number of carboxylic acid groups (broad SMARTS) is 2. The number of carbonyl (C=O) groups excluding carboxylic acids is 3. The molecule has 12 heteroatoms. The van der Waals surface area contributed by atoms with E-state index >= 15 is 0 Å². The van der Waals surface area contributed by atoms with E-state index in [1.807, 2.05) is 24.3 Å². The van der Waals surface area contributed by atoms with E-state index in [9.17, 15) is 24.0 Å². The van der Waals surface area contributed by atoms with Crippen LogP contribution in [0.1, 0.15) is 24.8 Å². The van der Waals surface area contributed by atoms with Crippen molar-refractivity contribution in [2.75, 3.05) is 0 Å². The molecule has 1 aromatic heterocycles. The number of nitrogens with one attached hydrogen (secondary N) is 3. The van der Waals surface area contributed by atoms with E-state index in [1.54, 1.807) is 6.20 Å². The molecular formula is C20H25N5O7. The van der Waals surface area contributed by atoms with Gasteiger partial charge in [0.05, 0.1) is 12.5 Å². The van der Waals surface area contributed by atoms with Gasteiger partial charge >= 0.3 is 11.9 Å². The first kappa shape index (κ1) is 24.3. The van der Waals surface area contributed by atoms with Gasteiger partial charge in [-0.3, -0.25) is 19.2 Å². The molecular weight excluding hydrogens is 422 g/mol. The van der Waals surface area contributed by atoms with Crippen LogP contribution in [0.2, 0.25) is 0 Å². The SMILES string of the molecule is NC(=O)CC(NC(=O)C(CCC(=O)O)NC(=O)C(N)Cc1c[nH]c2ccccc12)C(=O)O. The summed E-state index contributed by atoms with van der Waals surface area (Å²) in [6.07, 6.45) is 0.413. The molecule has 0 aliphatic heterocycles. The lowest BCUT2D eigenvalue weighted by atomic mass is 10.0. The number of aromatic amines is 1. The van der Waals surface area contributed by atoms with Crippen LogP contribution in [0.5, 0.6) is 0 Å². The van der Waals surface area contributed by atoms with Crippen molar-refractivity contribution in [3.05, 3.63) is 36.0 Å². The van der Waals surface area contributed by atoms with E-state index in [1.165, 1.54) is 0 Å². The summed E-state index contributed by atoms with van der Waals surface area (Å²) in [7, 11) is 0. The van der Waals surface area contributed by atoms with E-state index in [4.69, 9.17) is 21.7 Å². The summed E-state index contributed by atoms with van der Waals surface area (Å²) in [5.74, 6) is -5.36. The highest BCUT2D eigenvalue weighted by Crippen LogP contribution is 2.18. The van der Waals surface area contributed by atoms with Gasteiger partial charge in [0.1, 0.15) is 12.1 Å². The second-order valence-corrected chi connectivity index (χ2v) is 7.23. The maximum Gasteiger partial charge on any atom is 0.326 e. The number of rotatable bonds is 12. The Kier molecular flexibility index (Phi) is 8.30. The molecule has 0 saturated heterocycles. The predicted octanol–water partition coefficient (Wildman–Crippen LogP) is -1.17. The number of nitrogens with two attached hydrogens (primary N) is 2. The molecule has 3 unspecified atom stereocenters. The monoisotopic (exact) mass is 447 g/mol. The Morgan fingerprint density at radius 3 is 2.28 bits per heavy atom. The zero-order chi connectivity index (χ0) is 23.8. The van der Waals surface area contributed by atoms with Gasteiger partial charge in [0.25, 0.3) is 0 Å². The van der Waals surface area contributed by atoms with Crippen molar-refractivity contribution in [3.63, 3.8) is 0 Å².